The molecule has 1 atom stereocenters. The largest absolute Gasteiger partial charge is 0.496 e. The number of guanidine groups is 1. The van der Waals surface area contributed by atoms with Gasteiger partial charge in [0.1, 0.15) is 5.75 Å². The predicted molar refractivity (Wildman–Crippen MR) is 124 cm³/mol. The first-order chi connectivity index (χ1) is 14.9. The van der Waals surface area contributed by atoms with Gasteiger partial charge in [-0.15, -0.1) is 0 Å². The van der Waals surface area contributed by atoms with Gasteiger partial charge in [0, 0.05) is 32.0 Å². The maximum Gasteiger partial charge on any atom is 0.191 e. The van der Waals surface area contributed by atoms with E-state index < -0.39 is 9.84 Å². The molecule has 2 aromatic carbocycles. The number of nitrogens with one attached hydrogen (secondary N) is 2. The Morgan fingerprint density at radius 1 is 1.10 bits per heavy atom. The van der Waals surface area contributed by atoms with Crippen molar-refractivity contribution in [2.75, 3.05) is 40.0 Å². The summed E-state index contributed by atoms with van der Waals surface area (Å²) in [5.41, 5.74) is 2.15. The van der Waals surface area contributed by atoms with E-state index in [4.69, 9.17) is 4.74 Å². The van der Waals surface area contributed by atoms with Gasteiger partial charge in [-0.25, -0.2) is 8.42 Å². The minimum absolute atomic E-state index is 0.186. The molecule has 1 unspecified atom stereocenters. The predicted octanol–water partition coefficient (Wildman–Crippen LogP) is 2.60. The highest BCUT2D eigenvalue weighted by molar-refractivity contribution is 7.90. The number of hydrogen-bond donors (Lipinski definition) is 2. The van der Waals surface area contributed by atoms with Gasteiger partial charge in [0.15, 0.2) is 15.8 Å². The van der Waals surface area contributed by atoms with Gasteiger partial charge in [-0.2, -0.15) is 0 Å². The summed E-state index contributed by atoms with van der Waals surface area (Å²) in [5, 5.41) is 6.76. The summed E-state index contributed by atoms with van der Waals surface area (Å²) in [5.74, 6) is 1.60. The van der Waals surface area contributed by atoms with E-state index in [1.807, 2.05) is 30.3 Å². The second-order valence-corrected chi connectivity index (χ2v) is 9.74. The van der Waals surface area contributed by atoms with Gasteiger partial charge < -0.3 is 15.4 Å². The van der Waals surface area contributed by atoms with Crippen molar-refractivity contribution in [2.24, 2.45) is 4.99 Å². The van der Waals surface area contributed by atoms with E-state index in [0.29, 0.717) is 23.9 Å². The van der Waals surface area contributed by atoms with Crippen LogP contribution >= 0.6 is 0 Å². The van der Waals surface area contributed by atoms with Crippen LogP contribution in [0.3, 0.4) is 0 Å². The number of nitrogens with zero attached hydrogens (tertiary/aromatic N) is 2. The van der Waals surface area contributed by atoms with E-state index in [1.165, 1.54) is 24.7 Å². The van der Waals surface area contributed by atoms with E-state index in [-0.39, 0.29) is 6.04 Å². The Hall–Kier alpha value is -2.58. The maximum absolute atomic E-state index is 11.6. The molecule has 0 aromatic heterocycles. The van der Waals surface area contributed by atoms with E-state index in [0.717, 1.165) is 24.4 Å². The number of likely N-dealkylation sites (tertiary alicyclic amines) is 1. The van der Waals surface area contributed by atoms with Crippen molar-refractivity contribution in [3.05, 3.63) is 59.7 Å². The number of para-hydroxylation sites is 1. The zero-order valence-corrected chi connectivity index (χ0v) is 19.3. The number of aliphatic imine (C=N–C) groups is 1. The van der Waals surface area contributed by atoms with Crippen molar-refractivity contribution in [1.29, 1.82) is 0 Å². The quantitative estimate of drug-likeness (QED) is 0.481. The molecule has 0 bridgehead atoms. The van der Waals surface area contributed by atoms with Crippen LogP contribution in [0, 0.1) is 0 Å². The first kappa shape index (κ1) is 23.1. The molecule has 1 aliphatic rings. The Labute approximate surface area is 185 Å². The Balaban J connectivity index is 1.64. The van der Waals surface area contributed by atoms with Crippen LogP contribution in [-0.2, 0) is 16.4 Å². The van der Waals surface area contributed by atoms with E-state index in [2.05, 4.69) is 26.6 Å². The van der Waals surface area contributed by atoms with Crippen LogP contribution in [0.5, 0.6) is 5.75 Å². The Morgan fingerprint density at radius 2 is 1.77 bits per heavy atom. The number of benzene rings is 2. The fourth-order valence-electron chi connectivity index (χ4n) is 3.88. The summed E-state index contributed by atoms with van der Waals surface area (Å²) in [6.45, 7) is 3.39. The molecule has 2 aromatic rings. The lowest BCUT2D eigenvalue weighted by atomic mass is 10.0. The van der Waals surface area contributed by atoms with Gasteiger partial charge >= 0.3 is 0 Å². The maximum atomic E-state index is 11.6. The molecule has 0 radical (unpaired) electrons. The van der Waals surface area contributed by atoms with E-state index in [1.54, 1.807) is 26.3 Å². The third-order valence-electron chi connectivity index (χ3n) is 5.58. The van der Waals surface area contributed by atoms with E-state index >= 15 is 0 Å². The van der Waals surface area contributed by atoms with Crippen molar-refractivity contribution in [2.45, 2.75) is 30.3 Å². The number of hydrogen-bond acceptors (Lipinski definition) is 5. The average Bonchev–Trinajstić information content (AvgIpc) is 3.30. The summed E-state index contributed by atoms with van der Waals surface area (Å²) in [7, 11) is 0.272. The molecule has 168 valence electrons. The van der Waals surface area contributed by atoms with Crippen molar-refractivity contribution in [1.82, 2.24) is 15.5 Å². The highest BCUT2D eigenvalue weighted by Gasteiger charge is 2.26. The minimum atomic E-state index is -3.19. The van der Waals surface area contributed by atoms with Crippen LogP contribution in [0.2, 0.25) is 0 Å². The third-order valence-corrected chi connectivity index (χ3v) is 6.71. The smallest absolute Gasteiger partial charge is 0.191 e. The molecule has 1 heterocycles. The molecule has 0 saturated carbocycles. The molecular weight excluding hydrogens is 412 g/mol. The molecule has 8 heteroatoms. The highest BCUT2D eigenvalue weighted by atomic mass is 32.2. The normalized spacial score (nSPS) is 16.2. The molecule has 31 heavy (non-hydrogen) atoms. The molecule has 7 nitrogen and oxygen atoms in total. The molecule has 1 saturated heterocycles. The lowest BCUT2D eigenvalue weighted by Crippen LogP contribution is -2.42. The lowest BCUT2D eigenvalue weighted by molar-refractivity contribution is 0.239. The monoisotopic (exact) mass is 444 g/mol. The summed E-state index contributed by atoms with van der Waals surface area (Å²) >= 11 is 0. The summed E-state index contributed by atoms with van der Waals surface area (Å²) in [6.07, 6.45) is 3.63. The van der Waals surface area contributed by atoms with Crippen molar-refractivity contribution in [3.8, 4) is 5.75 Å². The molecule has 2 N–H and O–H groups in total. The number of ether oxygens (including phenoxy) is 1. The van der Waals surface area contributed by atoms with Gasteiger partial charge in [-0.3, -0.25) is 9.89 Å². The van der Waals surface area contributed by atoms with E-state index in [9.17, 15) is 8.42 Å². The topological polar surface area (TPSA) is 83.0 Å². The minimum Gasteiger partial charge on any atom is -0.496 e. The first-order valence-electron chi connectivity index (χ1n) is 10.5. The summed E-state index contributed by atoms with van der Waals surface area (Å²) < 4.78 is 28.9. The van der Waals surface area contributed by atoms with Gasteiger partial charge in [-0.1, -0.05) is 30.3 Å². The standard InChI is InChI=1S/C23H32N4O3S/c1-24-23(25-16-18-10-12-19(13-11-18)31(3,28)29)26-17-21(27-14-6-7-15-27)20-8-4-5-9-22(20)30-2/h4-5,8-13,21H,6-7,14-17H2,1-3H3,(H2,24,25,26). The van der Waals surface area contributed by atoms with Crippen molar-refractivity contribution in [3.63, 3.8) is 0 Å². The van der Waals surface area contributed by atoms with Gasteiger partial charge in [0.05, 0.1) is 18.0 Å². The van der Waals surface area contributed by atoms with Gasteiger partial charge in [0.2, 0.25) is 0 Å². The summed E-state index contributed by atoms with van der Waals surface area (Å²) in [4.78, 5) is 7.15. The Bertz CT molecular complexity index is 984. The van der Waals surface area contributed by atoms with Gasteiger partial charge in [-0.05, 0) is 49.7 Å². The fourth-order valence-corrected chi connectivity index (χ4v) is 4.52. The SMILES string of the molecule is CN=C(NCc1ccc(S(C)(=O)=O)cc1)NCC(c1ccccc1OC)N1CCCC1. The molecule has 3 rings (SSSR count). The van der Waals surface area contributed by atoms with Crippen LogP contribution in [0.15, 0.2) is 58.4 Å². The highest BCUT2D eigenvalue weighted by Crippen LogP contribution is 2.31. The van der Waals surface area contributed by atoms with Crippen LogP contribution in [0.1, 0.15) is 30.0 Å². The molecule has 1 fully saturated rings. The lowest BCUT2D eigenvalue weighted by Gasteiger charge is -2.30. The molecule has 0 amide bonds. The zero-order chi connectivity index (χ0) is 22.3. The average molecular weight is 445 g/mol. The summed E-state index contributed by atoms with van der Waals surface area (Å²) in [6, 6.07) is 15.3. The van der Waals surface area contributed by atoms with Gasteiger partial charge in [0.25, 0.3) is 0 Å². The Morgan fingerprint density at radius 3 is 2.39 bits per heavy atom. The molecule has 0 spiro atoms. The van der Waals surface area contributed by atoms with Crippen LogP contribution in [0.4, 0.5) is 0 Å². The molecular formula is C23H32N4O3S. The van der Waals surface area contributed by atoms with Crippen molar-refractivity contribution >= 4 is 15.8 Å². The van der Waals surface area contributed by atoms with Crippen LogP contribution in [0.25, 0.3) is 0 Å². The number of rotatable bonds is 8. The van der Waals surface area contributed by atoms with Crippen LogP contribution < -0.4 is 15.4 Å². The zero-order valence-electron chi connectivity index (χ0n) is 18.5. The van der Waals surface area contributed by atoms with Crippen LogP contribution in [-0.4, -0.2) is 59.3 Å². The number of sulfone groups is 1. The molecule has 1 aliphatic heterocycles. The fraction of sp³-hybridized carbons (Fsp3) is 0.435. The third kappa shape index (κ3) is 6.21. The number of methoxy groups -OCH3 is 1. The molecule has 0 aliphatic carbocycles. The second kappa shape index (κ2) is 10.6. The van der Waals surface area contributed by atoms with Crippen molar-refractivity contribution < 1.29 is 13.2 Å². The Kier molecular flexibility index (Phi) is 7.92. The first-order valence-corrected chi connectivity index (χ1v) is 12.4. The second-order valence-electron chi connectivity index (χ2n) is 7.72.